The molecule has 0 radical (unpaired) electrons. The maximum Gasteiger partial charge on any atom is 0.340 e. The summed E-state index contributed by atoms with van der Waals surface area (Å²) in [6.45, 7) is 5.13. The molecule has 0 spiro atoms. The van der Waals surface area contributed by atoms with Crippen LogP contribution in [0.3, 0.4) is 0 Å². The highest BCUT2D eigenvalue weighted by atomic mass is 35.5. The van der Waals surface area contributed by atoms with E-state index in [9.17, 15) is 4.79 Å². The van der Waals surface area contributed by atoms with Crippen molar-refractivity contribution in [1.82, 2.24) is 4.98 Å². The normalized spacial score (nSPS) is 12.4. The van der Waals surface area contributed by atoms with Crippen LogP contribution in [-0.2, 0) is 9.63 Å². The molecule has 0 aliphatic heterocycles. The number of oxime groups is 1. The largest absolute Gasteiger partial charge is 0.380 e. The Morgan fingerprint density at radius 3 is 2.28 bits per heavy atom. The molecule has 0 fully saturated rings. The van der Waals surface area contributed by atoms with Gasteiger partial charge in [0.1, 0.15) is 10.3 Å². The third-order valence-electron chi connectivity index (χ3n) is 1.90. The maximum absolute atomic E-state index is 11.5. The number of nitrogens with zero attached hydrogens (tertiary/aromatic N) is 2. The fraction of sp³-hybridized carbons (Fsp3) is 0.364. The second-order valence-electron chi connectivity index (χ2n) is 4.61. The van der Waals surface area contributed by atoms with Gasteiger partial charge < -0.3 is 10.6 Å². The highest BCUT2D eigenvalue weighted by molar-refractivity contribution is 6.33. The van der Waals surface area contributed by atoms with Crippen molar-refractivity contribution in [2.24, 2.45) is 16.3 Å². The summed E-state index contributed by atoms with van der Waals surface area (Å²) in [6, 6.07) is 2.94. The number of halogens is 2. The SMILES string of the molecule is CC(C)(C)C(=O)O/N=C(\N)c1cc(Cl)nc(Cl)c1. The van der Waals surface area contributed by atoms with Gasteiger partial charge in [-0.25, -0.2) is 9.78 Å². The minimum absolute atomic E-state index is 0.00111. The van der Waals surface area contributed by atoms with Crippen LogP contribution in [0.1, 0.15) is 26.3 Å². The van der Waals surface area contributed by atoms with E-state index in [0.717, 1.165) is 0 Å². The van der Waals surface area contributed by atoms with Crippen molar-refractivity contribution in [1.29, 1.82) is 0 Å². The Balaban J connectivity index is 2.87. The molecule has 0 bridgehead atoms. The van der Waals surface area contributed by atoms with Crippen LogP contribution >= 0.6 is 23.2 Å². The highest BCUT2D eigenvalue weighted by Gasteiger charge is 2.23. The number of pyridine rings is 1. The van der Waals surface area contributed by atoms with Gasteiger partial charge in [-0.1, -0.05) is 28.4 Å². The summed E-state index contributed by atoms with van der Waals surface area (Å²) in [7, 11) is 0. The zero-order valence-electron chi connectivity index (χ0n) is 10.2. The van der Waals surface area contributed by atoms with Gasteiger partial charge in [0, 0.05) is 5.56 Å². The molecule has 0 aliphatic rings. The van der Waals surface area contributed by atoms with Crippen LogP contribution in [-0.4, -0.2) is 16.8 Å². The molecule has 0 aromatic carbocycles. The van der Waals surface area contributed by atoms with Gasteiger partial charge in [-0.3, -0.25) is 0 Å². The van der Waals surface area contributed by atoms with Gasteiger partial charge in [0.25, 0.3) is 0 Å². The molecule has 1 aromatic heterocycles. The van der Waals surface area contributed by atoms with Gasteiger partial charge in [0.15, 0.2) is 5.84 Å². The lowest BCUT2D eigenvalue weighted by atomic mass is 9.98. The lowest BCUT2D eigenvalue weighted by molar-refractivity contribution is -0.152. The molecule has 0 atom stereocenters. The van der Waals surface area contributed by atoms with Crippen molar-refractivity contribution in [2.45, 2.75) is 20.8 Å². The molecule has 1 rings (SSSR count). The first-order chi connectivity index (χ1) is 8.20. The van der Waals surface area contributed by atoms with Crippen LogP contribution in [0.5, 0.6) is 0 Å². The molecule has 5 nitrogen and oxygen atoms in total. The van der Waals surface area contributed by atoms with Crippen molar-refractivity contribution < 1.29 is 9.63 Å². The summed E-state index contributed by atoms with van der Waals surface area (Å²) in [6.07, 6.45) is 0. The molecule has 0 amide bonds. The number of nitrogens with two attached hydrogens (primary N) is 1. The minimum Gasteiger partial charge on any atom is -0.380 e. The quantitative estimate of drug-likeness (QED) is 0.298. The van der Waals surface area contributed by atoms with E-state index < -0.39 is 11.4 Å². The average molecular weight is 290 g/mol. The number of carbonyl (C=O) groups excluding carboxylic acids is 1. The van der Waals surface area contributed by atoms with E-state index in [1.807, 2.05) is 0 Å². The van der Waals surface area contributed by atoms with E-state index in [0.29, 0.717) is 5.56 Å². The van der Waals surface area contributed by atoms with Gasteiger partial charge in [-0.15, -0.1) is 0 Å². The highest BCUT2D eigenvalue weighted by Crippen LogP contribution is 2.17. The molecule has 1 heterocycles. The third kappa shape index (κ3) is 4.16. The molecule has 0 aliphatic carbocycles. The number of hydrogen-bond donors (Lipinski definition) is 1. The van der Waals surface area contributed by atoms with Crippen molar-refractivity contribution in [3.63, 3.8) is 0 Å². The first-order valence-electron chi connectivity index (χ1n) is 5.08. The summed E-state index contributed by atoms with van der Waals surface area (Å²) < 4.78 is 0. The molecule has 7 heteroatoms. The van der Waals surface area contributed by atoms with Crippen molar-refractivity contribution >= 4 is 35.0 Å². The van der Waals surface area contributed by atoms with Gasteiger partial charge >= 0.3 is 5.97 Å². The lowest BCUT2D eigenvalue weighted by Gasteiger charge is -2.13. The van der Waals surface area contributed by atoms with Crippen LogP contribution in [0.25, 0.3) is 0 Å². The lowest BCUT2D eigenvalue weighted by Crippen LogP contribution is -2.23. The summed E-state index contributed by atoms with van der Waals surface area (Å²) in [4.78, 5) is 20.0. The number of rotatable bonds is 2. The monoisotopic (exact) mass is 289 g/mol. The fourth-order valence-corrected chi connectivity index (χ4v) is 1.35. The predicted molar refractivity (Wildman–Crippen MR) is 70.5 cm³/mol. The van der Waals surface area contributed by atoms with Crippen molar-refractivity contribution in [2.75, 3.05) is 0 Å². The summed E-state index contributed by atoms with van der Waals surface area (Å²) in [5.41, 5.74) is 5.43. The Hall–Kier alpha value is -1.33. The molecule has 98 valence electrons. The Morgan fingerprint density at radius 1 is 1.33 bits per heavy atom. The van der Waals surface area contributed by atoms with Crippen molar-refractivity contribution in [3.8, 4) is 0 Å². The summed E-state index contributed by atoms with van der Waals surface area (Å²) in [5, 5.41) is 3.90. The molecular formula is C11H13Cl2N3O2. The maximum atomic E-state index is 11.5. The Morgan fingerprint density at radius 2 is 1.83 bits per heavy atom. The summed E-state index contributed by atoms with van der Waals surface area (Å²) >= 11 is 11.4. The first-order valence-corrected chi connectivity index (χ1v) is 5.84. The molecule has 2 N–H and O–H groups in total. The minimum atomic E-state index is -0.655. The van der Waals surface area contributed by atoms with Gasteiger partial charge in [-0.05, 0) is 32.9 Å². The molecular weight excluding hydrogens is 277 g/mol. The van der Waals surface area contributed by atoms with Gasteiger partial charge in [-0.2, -0.15) is 0 Å². The topological polar surface area (TPSA) is 77.6 Å². The van der Waals surface area contributed by atoms with E-state index in [1.54, 1.807) is 20.8 Å². The van der Waals surface area contributed by atoms with E-state index in [1.165, 1.54) is 12.1 Å². The smallest absolute Gasteiger partial charge is 0.340 e. The number of hydrogen-bond acceptors (Lipinski definition) is 4. The van der Waals surface area contributed by atoms with E-state index >= 15 is 0 Å². The second-order valence-corrected chi connectivity index (χ2v) is 5.38. The Labute approximate surface area is 115 Å². The second kappa shape index (κ2) is 5.54. The molecule has 1 aromatic rings. The summed E-state index contributed by atoms with van der Waals surface area (Å²) in [5.74, 6) is -0.490. The van der Waals surface area contributed by atoms with Gasteiger partial charge in [0.05, 0.1) is 5.41 Å². The Bertz CT molecular complexity index is 475. The number of amidine groups is 1. The molecule has 0 saturated carbocycles. The van der Waals surface area contributed by atoms with Gasteiger partial charge in [0.2, 0.25) is 0 Å². The van der Waals surface area contributed by atoms with E-state index in [2.05, 4.69) is 10.1 Å². The third-order valence-corrected chi connectivity index (χ3v) is 2.29. The molecule has 18 heavy (non-hydrogen) atoms. The molecule has 0 saturated heterocycles. The molecule has 0 unspecified atom stereocenters. The van der Waals surface area contributed by atoms with Crippen molar-refractivity contribution in [3.05, 3.63) is 28.0 Å². The van der Waals surface area contributed by atoms with Crippen LogP contribution in [0, 0.1) is 5.41 Å². The zero-order valence-corrected chi connectivity index (χ0v) is 11.7. The standard InChI is InChI=1S/C11H13Cl2N3O2/c1-11(2,3)10(17)18-16-9(14)6-4-7(12)15-8(13)5-6/h4-5H,1-3H3,(H2,14,16). The van der Waals surface area contributed by atoms with Crippen LogP contribution in [0.4, 0.5) is 0 Å². The average Bonchev–Trinajstić information content (AvgIpc) is 2.22. The fourth-order valence-electron chi connectivity index (χ4n) is 0.893. The van der Waals surface area contributed by atoms with E-state index in [4.69, 9.17) is 33.8 Å². The zero-order chi connectivity index (χ0) is 13.9. The van der Waals surface area contributed by atoms with E-state index in [-0.39, 0.29) is 16.1 Å². The number of aromatic nitrogens is 1. The first kappa shape index (κ1) is 14.7. The van der Waals surface area contributed by atoms with Crippen LogP contribution in [0.15, 0.2) is 17.3 Å². The number of carbonyl (C=O) groups is 1. The van der Waals surface area contributed by atoms with Crippen LogP contribution in [0.2, 0.25) is 10.3 Å². The van der Waals surface area contributed by atoms with Crippen LogP contribution < -0.4 is 5.73 Å². The Kier molecular flexibility index (Phi) is 4.53. The predicted octanol–water partition coefficient (Wildman–Crippen LogP) is 2.60.